The molecule has 2 atom stereocenters. The molecular formula is C11H20N2O4. The maximum absolute atomic E-state index is 12.0. The van der Waals surface area contributed by atoms with E-state index in [2.05, 4.69) is 0 Å². The van der Waals surface area contributed by atoms with Crippen molar-refractivity contribution >= 4 is 11.9 Å². The molecule has 0 aromatic rings. The molecule has 1 aliphatic rings. The lowest BCUT2D eigenvalue weighted by Crippen LogP contribution is -2.60. The zero-order valence-electron chi connectivity index (χ0n) is 10.5. The third kappa shape index (κ3) is 3.41. The SMILES string of the molecule is COCCN1CC(C)N(C)C(=O)C1CC(=O)O. The van der Waals surface area contributed by atoms with E-state index in [0.29, 0.717) is 19.7 Å². The first-order valence-electron chi connectivity index (χ1n) is 5.68. The normalized spacial score (nSPS) is 26.3. The van der Waals surface area contributed by atoms with Crippen molar-refractivity contribution in [2.75, 3.05) is 33.9 Å². The molecule has 1 rings (SSSR count). The quantitative estimate of drug-likeness (QED) is 0.715. The van der Waals surface area contributed by atoms with Crippen molar-refractivity contribution in [3.8, 4) is 0 Å². The first kappa shape index (κ1) is 13.9. The fraction of sp³-hybridized carbons (Fsp3) is 0.818. The molecule has 98 valence electrons. The van der Waals surface area contributed by atoms with Gasteiger partial charge in [-0.1, -0.05) is 0 Å². The molecule has 0 spiro atoms. The Morgan fingerprint density at radius 3 is 2.76 bits per heavy atom. The third-order valence-electron chi connectivity index (χ3n) is 3.18. The van der Waals surface area contributed by atoms with Gasteiger partial charge >= 0.3 is 5.97 Å². The number of amides is 1. The Hall–Kier alpha value is -1.14. The highest BCUT2D eigenvalue weighted by molar-refractivity contribution is 5.86. The fourth-order valence-corrected chi connectivity index (χ4v) is 2.04. The van der Waals surface area contributed by atoms with Crippen LogP contribution in [0.25, 0.3) is 0 Å². The number of nitrogens with zero attached hydrogens (tertiary/aromatic N) is 2. The molecular weight excluding hydrogens is 224 g/mol. The van der Waals surface area contributed by atoms with E-state index in [1.807, 2.05) is 11.8 Å². The van der Waals surface area contributed by atoms with Gasteiger partial charge in [0.2, 0.25) is 5.91 Å². The van der Waals surface area contributed by atoms with Gasteiger partial charge in [0.15, 0.2) is 0 Å². The number of carboxylic acids is 1. The van der Waals surface area contributed by atoms with E-state index in [9.17, 15) is 9.59 Å². The van der Waals surface area contributed by atoms with E-state index < -0.39 is 12.0 Å². The molecule has 1 fully saturated rings. The predicted molar refractivity (Wildman–Crippen MR) is 61.7 cm³/mol. The van der Waals surface area contributed by atoms with Crippen molar-refractivity contribution in [3.05, 3.63) is 0 Å². The van der Waals surface area contributed by atoms with Gasteiger partial charge in [-0.05, 0) is 6.92 Å². The van der Waals surface area contributed by atoms with Gasteiger partial charge < -0.3 is 14.7 Å². The van der Waals surface area contributed by atoms with Gasteiger partial charge in [-0.3, -0.25) is 14.5 Å². The number of carbonyl (C=O) groups is 2. The summed E-state index contributed by atoms with van der Waals surface area (Å²) in [6.07, 6.45) is -0.153. The Kier molecular flexibility index (Phi) is 4.89. The monoisotopic (exact) mass is 244 g/mol. The van der Waals surface area contributed by atoms with Crippen LogP contribution < -0.4 is 0 Å². The smallest absolute Gasteiger partial charge is 0.305 e. The zero-order valence-corrected chi connectivity index (χ0v) is 10.5. The molecule has 0 saturated carbocycles. The molecule has 0 bridgehead atoms. The highest BCUT2D eigenvalue weighted by atomic mass is 16.5. The number of hydrogen-bond donors (Lipinski definition) is 1. The molecule has 6 heteroatoms. The van der Waals surface area contributed by atoms with Crippen LogP contribution in [-0.2, 0) is 14.3 Å². The number of carbonyl (C=O) groups excluding carboxylic acids is 1. The molecule has 1 saturated heterocycles. The molecule has 0 radical (unpaired) electrons. The van der Waals surface area contributed by atoms with Crippen LogP contribution in [0.15, 0.2) is 0 Å². The number of likely N-dealkylation sites (N-methyl/N-ethyl adjacent to an activating group) is 1. The van der Waals surface area contributed by atoms with Gasteiger partial charge in [-0.2, -0.15) is 0 Å². The van der Waals surface area contributed by atoms with Crippen molar-refractivity contribution in [1.29, 1.82) is 0 Å². The highest BCUT2D eigenvalue weighted by Gasteiger charge is 2.37. The molecule has 1 N–H and O–H groups in total. The topological polar surface area (TPSA) is 70.1 Å². The Morgan fingerprint density at radius 2 is 2.24 bits per heavy atom. The number of piperazine rings is 1. The highest BCUT2D eigenvalue weighted by Crippen LogP contribution is 2.17. The van der Waals surface area contributed by atoms with Crippen molar-refractivity contribution < 1.29 is 19.4 Å². The second-order valence-corrected chi connectivity index (χ2v) is 4.40. The van der Waals surface area contributed by atoms with Crippen LogP contribution in [0.3, 0.4) is 0 Å². The van der Waals surface area contributed by atoms with Gasteiger partial charge in [0.05, 0.1) is 13.0 Å². The molecule has 2 unspecified atom stereocenters. The van der Waals surface area contributed by atoms with Crippen LogP contribution >= 0.6 is 0 Å². The summed E-state index contributed by atoms with van der Waals surface area (Å²) in [7, 11) is 3.31. The van der Waals surface area contributed by atoms with Crippen LogP contribution in [0.2, 0.25) is 0 Å². The predicted octanol–water partition coefficient (Wildman–Crippen LogP) is -0.361. The Balaban J connectivity index is 2.75. The first-order chi connectivity index (χ1) is 7.97. The van der Waals surface area contributed by atoms with Gasteiger partial charge in [0, 0.05) is 33.3 Å². The van der Waals surface area contributed by atoms with Gasteiger partial charge in [-0.25, -0.2) is 0 Å². The van der Waals surface area contributed by atoms with Crippen LogP contribution in [0, 0.1) is 0 Å². The maximum atomic E-state index is 12.0. The summed E-state index contributed by atoms with van der Waals surface area (Å²) in [6.45, 7) is 3.72. The largest absolute Gasteiger partial charge is 0.481 e. The molecule has 1 aliphatic heterocycles. The van der Waals surface area contributed by atoms with E-state index in [4.69, 9.17) is 9.84 Å². The van der Waals surface area contributed by atoms with Crippen LogP contribution in [-0.4, -0.2) is 72.7 Å². The number of aliphatic carboxylic acids is 1. The zero-order chi connectivity index (χ0) is 13.0. The maximum Gasteiger partial charge on any atom is 0.305 e. The Morgan fingerprint density at radius 1 is 1.59 bits per heavy atom. The number of ether oxygens (including phenoxy) is 1. The number of carboxylic acid groups (broad SMARTS) is 1. The lowest BCUT2D eigenvalue weighted by molar-refractivity contribution is -0.151. The second kappa shape index (κ2) is 5.97. The second-order valence-electron chi connectivity index (χ2n) is 4.40. The summed E-state index contributed by atoms with van der Waals surface area (Å²) in [6, 6.07) is -0.465. The minimum Gasteiger partial charge on any atom is -0.481 e. The Bertz CT molecular complexity index is 295. The molecule has 17 heavy (non-hydrogen) atoms. The molecule has 1 heterocycles. The summed E-state index contributed by atoms with van der Waals surface area (Å²) in [5, 5.41) is 8.85. The Labute approximate surface area is 101 Å². The fourth-order valence-electron chi connectivity index (χ4n) is 2.04. The minimum atomic E-state index is -0.950. The van der Waals surface area contributed by atoms with Crippen LogP contribution in [0.5, 0.6) is 0 Å². The van der Waals surface area contributed by atoms with Crippen molar-refractivity contribution in [1.82, 2.24) is 9.80 Å². The van der Waals surface area contributed by atoms with Crippen LogP contribution in [0.1, 0.15) is 13.3 Å². The molecule has 0 aromatic heterocycles. The molecule has 1 amide bonds. The van der Waals surface area contributed by atoms with E-state index in [0.717, 1.165) is 0 Å². The summed E-state index contributed by atoms with van der Waals surface area (Å²) in [5.74, 6) is -1.07. The van der Waals surface area contributed by atoms with E-state index in [1.54, 1.807) is 19.1 Å². The molecule has 6 nitrogen and oxygen atoms in total. The standard InChI is InChI=1S/C11H20N2O4/c1-8-7-13(4-5-17-3)9(6-10(14)15)11(16)12(8)2/h8-9H,4-7H2,1-3H3,(H,14,15). The summed E-state index contributed by atoms with van der Waals surface area (Å²) in [5.41, 5.74) is 0. The minimum absolute atomic E-state index is 0.101. The van der Waals surface area contributed by atoms with Crippen molar-refractivity contribution in [2.45, 2.75) is 25.4 Å². The lowest BCUT2D eigenvalue weighted by Gasteiger charge is -2.42. The average molecular weight is 244 g/mol. The lowest BCUT2D eigenvalue weighted by atomic mass is 10.0. The van der Waals surface area contributed by atoms with Gasteiger partial charge in [0.1, 0.15) is 6.04 Å². The number of hydrogen-bond acceptors (Lipinski definition) is 4. The number of rotatable bonds is 5. The number of methoxy groups -OCH3 is 1. The van der Waals surface area contributed by atoms with E-state index in [-0.39, 0.29) is 18.4 Å². The first-order valence-corrected chi connectivity index (χ1v) is 5.68. The summed E-state index contributed by atoms with van der Waals surface area (Å²) >= 11 is 0. The van der Waals surface area contributed by atoms with Crippen molar-refractivity contribution in [2.24, 2.45) is 0 Å². The van der Waals surface area contributed by atoms with Crippen molar-refractivity contribution in [3.63, 3.8) is 0 Å². The van der Waals surface area contributed by atoms with E-state index in [1.165, 1.54) is 0 Å². The van der Waals surface area contributed by atoms with Crippen LogP contribution in [0.4, 0.5) is 0 Å². The average Bonchev–Trinajstić information content (AvgIpc) is 2.27. The molecule has 0 aliphatic carbocycles. The summed E-state index contributed by atoms with van der Waals surface area (Å²) in [4.78, 5) is 26.3. The molecule has 0 aromatic carbocycles. The summed E-state index contributed by atoms with van der Waals surface area (Å²) < 4.78 is 4.98. The third-order valence-corrected chi connectivity index (χ3v) is 3.18. The van der Waals surface area contributed by atoms with E-state index >= 15 is 0 Å². The van der Waals surface area contributed by atoms with Gasteiger partial charge in [0.25, 0.3) is 0 Å². The van der Waals surface area contributed by atoms with Gasteiger partial charge in [-0.15, -0.1) is 0 Å².